The van der Waals surface area contributed by atoms with E-state index in [0.717, 1.165) is 36.4 Å². The van der Waals surface area contributed by atoms with E-state index in [1.54, 1.807) is 0 Å². The Bertz CT molecular complexity index is 1390. The van der Waals surface area contributed by atoms with Crippen LogP contribution in [-0.2, 0) is 42.2 Å². The number of hydrogen-bond acceptors (Lipinski definition) is 7. The highest BCUT2D eigenvalue weighted by Gasteiger charge is 2.29. The van der Waals surface area contributed by atoms with Gasteiger partial charge in [-0.2, -0.15) is 25.3 Å². The van der Waals surface area contributed by atoms with Crippen molar-refractivity contribution in [2.24, 2.45) is 0 Å². The maximum Gasteiger partial charge on any atom is 0.294 e. The molecule has 170 valence electrons. The first kappa shape index (κ1) is 24.7. The molecule has 0 saturated heterocycles. The Labute approximate surface area is 190 Å². The zero-order chi connectivity index (χ0) is 23.9. The Morgan fingerprint density at radius 1 is 0.531 bits per heavy atom. The van der Waals surface area contributed by atoms with Gasteiger partial charge in [0.05, 0.1) is 14.7 Å². The highest BCUT2D eigenvalue weighted by molar-refractivity contribution is 8.25. The fourth-order valence-electron chi connectivity index (χ4n) is 2.97. The second-order valence-corrected chi connectivity index (χ2v) is 15.2. The molecule has 32 heavy (non-hydrogen) atoms. The number of hydrogen-bond donors (Lipinski definition) is 3. The first-order valence-corrected chi connectivity index (χ1v) is 15.6. The largest absolute Gasteiger partial charge is 0.294 e. The van der Waals surface area contributed by atoms with Crippen molar-refractivity contribution < 1.29 is 38.9 Å². The summed E-state index contributed by atoms with van der Waals surface area (Å²) in [6.07, 6.45) is 0. The van der Waals surface area contributed by atoms with Crippen LogP contribution < -0.4 is 15.9 Å². The molecule has 3 rings (SSSR count). The SMILES string of the molecule is O=S(=O)(O)c1cccc(P(=S)(c2cccc(S(=O)(=O)O)c2)c2cccc(S(=O)(=O)O)c2)c1. The third-order valence-electron chi connectivity index (χ3n) is 4.44. The topological polar surface area (TPSA) is 163 Å². The van der Waals surface area contributed by atoms with Crippen LogP contribution in [0, 0.1) is 0 Å². The molecule has 0 bridgehead atoms. The van der Waals surface area contributed by atoms with Gasteiger partial charge in [-0.1, -0.05) is 48.2 Å². The summed E-state index contributed by atoms with van der Waals surface area (Å²) in [6.45, 7) is 0. The van der Waals surface area contributed by atoms with E-state index in [4.69, 9.17) is 11.8 Å². The van der Waals surface area contributed by atoms with Crippen molar-refractivity contribution >= 4 is 64.1 Å². The molecule has 0 amide bonds. The molecule has 0 unspecified atom stereocenters. The van der Waals surface area contributed by atoms with Crippen molar-refractivity contribution in [1.29, 1.82) is 0 Å². The van der Waals surface area contributed by atoms with Crippen LogP contribution in [0.5, 0.6) is 0 Å². The van der Waals surface area contributed by atoms with E-state index in [0.29, 0.717) is 0 Å². The fourth-order valence-corrected chi connectivity index (χ4v) is 8.58. The van der Waals surface area contributed by atoms with Crippen molar-refractivity contribution in [2.45, 2.75) is 14.7 Å². The van der Waals surface area contributed by atoms with Gasteiger partial charge in [0.25, 0.3) is 30.4 Å². The first-order chi connectivity index (χ1) is 14.6. The van der Waals surface area contributed by atoms with E-state index in [1.165, 1.54) is 36.4 Å². The quantitative estimate of drug-likeness (QED) is 0.309. The zero-order valence-electron chi connectivity index (χ0n) is 15.8. The van der Waals surface area contributed by atoms with Crippen LogP contribution in [0.15, 0.2) is 87.5 Å². The summed E-state index contributed by atoms with van der Waals surface area (Å²) in [6, 6.07) is 11.7. The normalized spacial score (nSPS) is 13.1. The summed E-state index contributed by atoms with van der Waals surface area (Å²) in [5.41, 5.74) is 0. The van der Waals surface area contributed by atoms with Gasteiger partial charge in [0, 0.05) is 6.04 Å². The van der Waals surface area contributed by atoms with Crippen molar-refractivity contribution in [2.75, 3.05) is 0 Å². The van der Waals surface area contributed by atoms with Gasteiger partial charge in [-0.05, 0) is 52.3 Å². The molecule has 3 aromatic rings. The highest BCUT2D eigenvalue weighted by Crippen LogP contribution is 2.44. The number of benzene rings is 3. The molecule has 0 aliphatic rings. The monoisotopic (exact) mass is 534 g/mol. The molecule has 3 N–H and O–H groups in total. The molecule has 0 heterocycles. The molecular weight excluding hydrogens is 519 g/mol. The molecule has 0 spiro atoms. The Hall–Kier alpha value is -1.96. The predicted molar refractivity (Wildman–Crippen MR) is 122 cm³/mol. The molecule has 0 atom stereocenters. The van der Waals surface area contributed by atoms with Gasteiger partial charge in [0.1, 0.15) is 0 Å². The van der Waals surface area contributed by atoms with Crippen LogP contribution in [0.1, 0.15) is 0 Å². The smallest absolute Gasteiger partial charge is 0.282 e. The van der Waals surface area contributed by atoms with Gasteiger partial charge < -0.3 is 0 Å². The summed E-state index contributed by atoms with van der Waals surface area (Å²) < 4.78 is 98.3. The van der Waals surface area contributed by atoms with Gasteiger partial charge in [0.15, 0.2) is 0 Å². The minimum Gasteiger partial charge on any atom is -0.282 e. The molecule has 0 aliphatic carbocycles. The summed E-state index contributed by atoms with van der Waals surface area (Å²) in [4.78, 5) is -1.41. The lowest BCUT2D eigenvalue weighted by Crippen LogP contribution is -2.26. The lowest BCUT2D eigenvalue weighted by Gasteiger charge is -2.25. The molecule has 0 aromatic heterocycles. The molecule has 3 aromatic carbocycles. The molecule has 0 radical (unpaired) electrons. The molecule has 9 nitrogen and oxygen atoms in total. The zero-order valence-corrected chi connectivity index (χ0v) is 20.0. The first-order valence-electron chi connectivity index (χ1n) is 8.48. The van der Waals surface area contributed by atoms with Crippen LogP contribution in [0.4, 0.5) is 0 Å². The molecular formula is C18H15O9PS4. The second-order valence-electron chi connectivity index (χ2n) is 6.53. The Morgan fingerprint density at radius 3 is 1.00 bits per heavy atom. The maximum atomic E-state index is 11.7. The van der Waals surface area contributed by atoms with Crippen molar-refractivity contribution in [3.63, 3.8) is 0 Å². The molecule has 0 saturated carbocycles. The highest BCUT2D eigenvalue weighted by atomic mass is 32.4. The van der Waals surface area contributed by atoms with E-state index >= 15 is 0 Å². The van der Waals surface area contributed by atoms with Crippen molar-refractivity contribution in [1.82, 2.24) is 0 Å². The minimum atomic E-state index is -4.61. The predicted octanol–water partition coefficient (Wildman–Crippen LogP) is 1.18. The number of rotatable bonds is 6. The Kier molecular flexibility index (Phi) is 6.50. The van der Waals surface area contributed by atoms with Crippen LogP contribution in [0.2, 0.25) is 0 Å². The van der Waals surface area contributed by atoms with Gasteiger partial charge >= 0.3 is 0 Å². The lowest BCUT2D eigenvalue weighted by atomic mass is 10.3. The van der Waals surface area contributed by atoms with Crippen LogP contribution >= 0.6 is 6.04 Å². The standard InChI is InChI=1S/C18H15O9PS4/c19-30(20,21)16-7-1-4-13(10-16)28(29,14-5-2-8-17(11-14)31(22,23)24)15-6-3-9-18(12-15)32(25,26)27/h1-12H,(H,19,20,21)(H,22,23,24)(H,25,26,27). The van der Waals surface area contributed by atoms with Crippen LogP contribution in [0.25, 0.3) is 0 Å². The minimum absolute atomic E-state index is 0.183. The van der Waals surface area contributed by atoms with Gasteiger partial charge in [0.2, 0.25) is 0 Å². The third-order valence-corrected chi connectivity index (χ3v) is 11.9. The van der Waals surface area contributed by atoms with E-state index in [9.17, 15) is 38.9 Å². The molecule has 14 heteroatoms. The summed E-state index contributed by atoms with van der Waals surface area (Å²) in [7, 11) is -13.8. The van der Waals surface area contributed by atoms with Crippen LogP contribution in [-0.4, -0.2) is 38.9 Å². The fraction of sp³-hybridized carbons (Fsp3) is 0. The average molecular weight is 535 g/mol. The van der Waals surface area contributed by atoms with E-state index in [-0.39, 0.29) is 15.9 Å². The summed E-state index contributed by atoms with van der Waals surface area (Å²) in [5.74, 6) is 0. The van der Waals surface area contributed by atoms with Gasteiger partial charge in [-0.3, -0.25) is 13.7 Å². The Balaban J connectivity index is 2.43. The van der Waals surface area contributed by atoms with Crippen molar-refractivity contribution in [3.05, 3.63) is 72.8 Å². The van der Waals surface area contributed by atoms with E-state index < -0.39 is 51.1 Å². The van der Waals surface area contributed by atoms with Gasteiger partial charge in [-0.25, -0.2) is 0 Å². The van der Waals surface area contributed by atoms with Crippen molar-refractivity contribution in [3.8, 4) is 0 Å². The van der Waals surface area contributed by atoms with E-state index in [2.05, 4.69) is 0 Å². The van der Waals surface area contributed by atoms with E-state index in [1.807, 2.05) is 0 Å². The summed E-state index contributed by atoms with van der Waals surface area (Å²) >= 11 is 5.93. The average Bonchev–Trinajstić information content (AvgIpc) is 2.71. The van der Waals surface area contributed by atoms with Gasteiger partial charge in [-0.15, -0.1) is 0 Å². The third kappa shape index (κ3) is 5.00. The second kappa shape index (κ2) is 8.43. The van der Waals surface area contributed by atoms with Crippen LogP contribution in [0.3, 0.4) is 0 Å². The lowest BCUT2D eigenvalue weighted by molar-refractivity contribution is 0.481. The molecule has 0 fully saturated rings. The summed E-state index contributed by atoms with van der Waals surface area (Å²) in [5, 5.41) is 0.549. The maximum absolute atomic E-state index is 11.7. The Morgan fingerprint density at radius 2 is 0.781 bits per heavy atom. The molecule has 0 aliphatic heterocycles.